The number of rotatable bonds is 10. The number of aromatic amines is 1. The molecular weight excluding hydrogens is 522 g/mol. The maximum atomic E-state index is 12.0. The minimum absolute atomic E-state index is 0.148. The molecule has 0 aliphatic rings. The predicted octanol–water partition coefficient (Wildman–Crippen LogP) is 6.69. The van der Waals surface area contributed by atoms with Crippen LogP contribution >= 0.6 is 11.6 Å². The zero-order valence-corrected chi connectivity index (χ0v) is 23.0. The standard InChI is InChI=1S/C31H30ClN7O/c1-39(2)16-6-11-29(40)36-23-14-12-22(13-15-23)33-18-21-7-5-8-24(17-21)37-31-35-20-27(32)30(38-31)26-19-34-28-10-4-3-9-25(26)28/h3-15,17,19-20,33-34H,16,18H2,1-2H3,(H,36,40)(H,35,37,38)/b11-6+. The molecule has 0 saturated carbocycles. The molecule has 0 aliphatic heterocycles. The Kier molecular flexibility index (Phi) is 8.39. The second-order valence-corrected chi connectivity index (χ2v) is 9.96. The number of hydrogen-bond donors (Lipinski definition) is 4. The van der Waals surface area contributed by atoms with Gasteiger partial charge in [0.1, 0.15) is 0 Å². The van der Waals surface area contributed by atoms with Crippen LogP contribution in [0.25, 0.3) is 22.2 Å². The second kappa shape index (κ2) is 12.5. The van der Waals surface area contributed by atoms with Crippen LogP contribution in [0.5, 0.6) is 0 Å². The SMILES string of the molecule is CN(C)C/C=C/C(=O)Nc1ccc(NCc2cccc(Nc3ncc(Cl)c(-c4c[nH]c5ccccc45)n3)c2)cc1. The average molecular weight is 552 g/mol. The summed E-state index contributed by atoms with van der Waals surface area (Å²) in [6.45, 7) is 1.34. The molecule has 0 aliphatic carbocycles. The van der Waals surface area contributed by atoms with Crippen LogP contribution in [-0.4, -0.2) is 46.4 Å². The van der Waals surface area contributed by atoms with Crippen LogP contribution in [0.3, 0.4) is 0 Å². The summed E-state index contributed by atoms with van der Waals surface area (Å²) < 4.78 is 0. The number of nitrogens with zero attached hydrogens (tertiary/aromatic N) is 3. The van der Waals surface area contributed by atoms with Crippen LogP contribution in [0.4, 0.5) is 23.0 Å². The van der Waals surface area contributed by atoms with Gasteiger partial charge < -0.3 is 25.8 Å². The lowest BCUT2D eigenvalue weighted by Gasteiger charge is -2.11. The fourth-order valence-electron chi connectivity index (χ4n) is 4.20. The fourth-order valence-corrected chi connectivity index (χ4v) is 4.39. The zero-order valence-electron chi connectivity index (χ0n) is 22.3. The summed E-state index contributed by atoms with van der Waals surface area (Å²) in [5, 5.41) is 11.1. The Morgan fingerprint density at radius 2 is 1.80 bits per heavy atom. The van der Waals surface area contributed by atoms with Gasteiger partial charge in [-0.25, -0.2) is 9.97 Å². The van der Waals surface area contributed by atoms with Crippen molar-refractivity contribution in [1.29, 1.82) is 0 Å². The Hall–Kier alpha value is -4.66. The Labute approximate surface area is 238 Å². The number of nitrogens with one attached hydrogen (secondary N) is 4. The molecule has 8 nitrogen and oxygen atoms in total. The molecule has 9 heteroatoms. The van der Waals surface area contributed by atoms with E-state index < -0.39 is 0 Å². The van der Waals surface area contributed by atoms with E-state index >= 15 is 0 Å². The lowest BCUT2D eigenvalue weighted by atomic mass is 10.1. The van der Waals surface area contributed by atoms with E-state index in [1.54, 1.807) is 12.3 Å². The van der Waals surface area contributed by atoms with Crippen LogP contribution in [0.2, 0.25) is 5.02 Å². The first kappa shape index (κ1) is 26.9. The number of hydrogen-bond acceptors (Lipinski definition) is 6. The number of halogens is 1. The molecule has 0 fully saturated rings. The largest absolute Gasteiger partial charge is 0.381 e. The molecule has 5 aromatic rings. The van der Waals surface area contributed by atoms with Crippen LogP contribution in [-0.2, 0) is 11.3 Å². The number of amides is 1. The highest BCUT2D eigenvalue weighted by molar-refractivity contribution is 6.33. The highest BCUT2D eigenvalue weighted by Crippen LogP contribution is 2.32. The monoisotopic (exact) mass is 551 g/mol. The third-order valence-corrected chi connectivity index (χ3v) is 6.44. The van der Waals surface area contributed by atoms with Gasteiger partial charge in [-0.3, -0.25) is 4.79 Å². The van der Waals surface area contributed by atoms with Crippen molar-refractivity contribution < 1.29 is 4.79 Å². The molecular formula is C31H30ClN7O. The minimum atomic E-state index is -0.148. The summed E-state index contributed by atoms with van der Waals surface area (Å²) in [4.78, 5) is 26.4. The number of anilines is 4. The van der Waals surface area contributed by atoms with Gasteiger partial charge in [-0.05, 0) is 62.1 Å². The molecule has 2 heterocycles. The molecule has 4 N–H and O–H groups in total. The molecule has 1 amide bonds. The molecule has 0 radical (unpaired) electrons. The van der Waals surface area contributed by atoms with E-state index in [9.17, 15) is 4.79 Å². The maximum absolute atomic E-state index is 12.0. The number of fused-ring (bicyclic) bond motifs is 1. The third-order valence-electron chi connectivity index (χ3n) is 6.16. The van der Waals surface area contributed by atoms with E-state index in [2.05, 4.69) is 25.9 Å². The number of para-hydroxylation sites is 1. The van der Waals surface area contributed by atoms with E-state index in [-0.39, 0.29) is 5.91 Å². The maximum Gasteiger partial charge on any atom is 0.248 e. The van der Waals surface area contributed by atoms with Crippen molar-refractivity contribution in [3.05, 3.63) is 108 Å². The van der Waals surface area contributed by atoms with Gasteiger partial charge in [0, 0.05) is 58.9 Å². The highest BCUT2D eigenvalue weighted by atomic mass is 35.5. The highest BCUT2D eigenvalue weighted by Gasteiger charge is 2.13. The zero-order chi connectivity index (χ0) is 27.9. The predicted molar refractivity (Wildman–Crippen MR) is 164 cm³/mol. The quantitative estimate of drug-likeness (QED) is 0.144. The summed E-state index contributed by atoms with van der Waals surface area (Å²) in [6, 6.07) is 23.7. The third kappa shape index (κ3) is 6.85. The van der Waals surface area contributed by atoms with Crippen molar-refractivity contribution in [2.75, 3.05) is 36.6 Å². The number of likely N-dealkylation sites (N-methyl/N-ethyl adjacent to an activating group) is 1. The number of carbonyl (C=O) groups is 1. The van der Waals surface area contributed by atoms with Gasteiger partial charge in [0.25, 0.3) is 0 Å². The molecule has 0 bridgehead atoms. The number of carbonyl (C=O) groups excluding carboxylic acids is 1. The first-order valence-corrected chi connectivity index (χ1v) is 13.2. The first-order chi connectivity index (χ1) is 19.4. The fraction of sp³-hybridized carbons (Fsp3) is 0.129. The van der Waals surface area contributed by atoms with Gasteiger partial charge in [-0.2, -0.15) is 0 Å². The molecule has 0 unspecified atom stereocenters. The van der Waals surface area contributed by atoms with Gasteiger partial charge in [-0.1, -0.05) is 48.0 Å². The average Bonchev–Trinajstić information content (AvgIpc) is 3.38. The van der Waals surface area contributed by atoms with Crippen molar-refractivity contribution >= 4 is 51.4 Å². The Balaban J connectivity index is 1.21. The topological polar surface area (TPSA) is 98.0 Å². The summed E-state index contributed by atoms with van der Waals surface area (Å²) in [7, 11) is 3.91. The van der Waals surface area contributed by atoms with E-state index in [0.29, 0.717) is 29.8 Å². The smallest absolute Gasteiger partial charge is 0.248 e. The van der Waals surface area contributed by atoms with Crippen LogP contribution < -0.4 is 16.0 Å². The summed E-state index contributed by atoms with van der Waals surface area (Å²) >= 11 is 6.48. The molecule has 0 saturated heterocycles. The lowest BCUT2D eigenvalue weighted by molar-refractivity contribution is -0.111. The minimum Gasteiger partial charge on any atom is -0.381 e. The normalized spacial score (nSPS) is 11.3. The number of aromatic nitrogens is 3. The molecule has 202 valence electrons. The molecule has 40 heavy (non-hydrogen) atoms. The molecule has 3 aromatic carbocycles. The van der Waals surface area contributed by atoms with E-state index in [1.807, 2.05) is 104 Å². The number of benzene rings is 3. The van der Waals surface area contributed by atoms with Gasteiger partial charge in [0.2, 0.25) is 11.9 Å². The van der Waals surface area contributed by atoms with E-state index in [1.165, 1.54) is 0 Å². The number of H-pyrrole nitrogens is 1. The van der Waals surface area contributed by atoms with E-state index in [0.717, 1.165) is 39.1 Å². The first-order valence-electron chi connectivity index (χ1n) is 12.9. The van der Waals surface area contributed by atoms with Gasteiger partial charge in [0.15, 0.2) is 0 Å². The van der Waals surface area contributed by atoms with Crippen molar-refractivity contribution in [3.63, 3.8) is 0 Å². The summed E-state index contributed by atoms with van der Waals surface area (Å²) in [5.74, 6) is 0.314. The van der Waals surface area contributed by atoms with E-state index in [4.69, 9.17) is 16.6 Å². The van der Waals surface area contributed by atoms with Crippen LogP contribution in [0.1, 0.15) is 5.56 Å². The van der Waals surface area contributed by atoms with Crippen molar-refractivity contribution in [1.82, 2.24) is 19.9 Å². The van der Waals surface area contributed by atoms with Gasteiger partial charge >= 0.3 is 0 Å². The van der Waals surface area contributed by atoms with Gasteiger partial charge in [0.05, 0.1) is 16.9 Å². The van der Waals surface area contributed by atoms with Crippen LogP contribution in [0.15, 0.2) is 97.3 Å². The van der Waals surface area contributed by atoms with Crippen molar-refractivity contribution in [2.24, 2.45) is 0 Å². The lowest BCUT2D eigenvalue weighted by Crippen LogP contribution is -2.12. The summed E-state index contributed by atoms with van der Waals surface area (Å²) in [5.41, 5.74) is 6.25. The molecule has 0 spiro atoms. The Morgan fingerprint density at radius 3 is 2.62 bits per heavy atom. The summed E-state index contributed by atoms with van der Waals surface area (Å²) in [6.07, 6.45) is 6.91. The van der Waals surface area contributed by atoms with Crippen molar-refractivity contribution in [3.8, 4) is 11.3 Å². The molecule has 5 rings (SSSR count). The Bertz CT molecular complexity index is 1640. The Morgan fingerprint density at radius 1 is 1.00 bits per heavy atom. The molecule has 0 atom stereocenters. The second-order valence-electron chi connectivity index (χ2n) is 9.55. The van der Waals surface area contributed by atoms with Gasteiger partial charge in [-0.15, -0.1) is 0 Å². The van der Waals surface area contributed by atoms with Crippen molar-refractivity contribution in [2.45, 2.75) is 6.54 Å². The van der Waals surface area contributed by atoms with Crippen LogP contribution in [0, 0.1) is 0 Å². The molecule has 2 aromatic heterocycles.